The molecule has 1 N–H and O–H groups in total. The molecule has 1 saturated heterocycles. The number of hydrogen-bond acceptors (Lipinski definition) is 2. The molecule has 102 valence electrons. The quantitative estimate of drug-likeness (QED) is 0.904. The Labute approximate surface area is 115 Å². The summed E-state index contributed by atoms with van der Waals surface area (Å²) in [6, 6.07) is 8.89. The largest absolute Gasteiger partial charge is 0.318 e. The molecule has 1 heterocycles. The molecule has 2 fully saturated rings. The molecule has 1 aromatic carbocycles. The SMILES string of the molecule is CCC1NC(c2cccc(C)c2)N(C2CC2C)C1=O. The zero-order valence-electron chi connectivity index (χ0n) is 11.9. The third kappa shape index (κ3) is 2.16. The van der Waals surface area contributed by atoms with Gasteiger partial charge in [0.1, 0.15) is 6.17 Å². The van der Waals surface area contributed by atoms with Crippen LogP contribution in [0.15, 0.2) is 24.3 Å². The van der Waals surface area contributed by atoms with Crippen molar-refractivity contribution in [3.63, 3.8) is 0 Å². The predicted octanol–water partition coefficient (Wildman–Crippen LogP) is 2.61. The molecule has 1 aliphatic heterocycles. The highest BCUT2D eigenvalue weighted by Crippen LogP contribution is 2.42. The van der Waals surface area contributed by atoms with Gasteiger partial charge in [0.2, 0.25) is 5.91 Å². The molecule has 1 aromatic rings. The number of hydrogen-bond donors (Lipinski definition) is 1. The zero-order valence-corrected chi connectivity index (χ0v) is 11.9. The van der Waals surface area contributed by atoms with E-state index in [4.69, 9.17) is 0 Å². The average Bonchev–Trinajstić information content (AvgIpc) is 3.00. The third-order valence-electron chi connectivity index (χ3n) is 4.38. The van der Waals surface area contributed by atoms with E-state index in [2.05, 4.69) is 55.3 Å². The van der Waals surface area contributed by atoms with Crippen LogP contribution >= 0.6 is 0 Å². The minimum Gasteiger partial charge on any atom is -0.318 e. The Morgan fingerprint density at radius 1 is 1.42 bits per heavy atom. The molecule has 0 spiro atoms. The predicted molar refractivity (Wildman–Crippen MR) is 75.5 cm³/mol. The molecule has 4 atom stereocenters. The van der Waals surface area contributed by atoms with Crippen molar-refractivity contribution in [1.29, 1.82) is 0 Å². The lowest BCUT2D eigenvalue weighted by atomic mass is 10.1. The lowest BCUT2D eigenvalue weighted by Crippen LogP contribution is -2.33. The zero-order chi connectivity index (χ0) is 13.6. The first kappa shape index (κ1) is 12.7. The number of benzene rings is 1. The summed E-state index contributed by atoms with van der Waals surface area (Å²) in [6.07, 6.45) is 2.07. The highest BCUT2D eigenvalue weighted by Gasteiger charge is 2.49. The first-order chi connectivity index (χ1) is 9.11. The van der Waals surface area contributed by atoms with Gasteiger partial charge in [-0.25, -0.2) is 0 Å². The van der Waals surface area contributed by atoms with Crippen LogP contribution in [0, 0.1) is 12.8 Å². The van der Waals surface area contributed by atoms with Gasteiger partial charge in [0.25, 0.3) is 0 Å². The minimum atomic E-state index is -0.0155. The number of carbonyl (C=O) groups is 1. The topological polar surface area (TPSA) is 32.3 Å². The maximum atomic E-state index is 12.5. The summed E-state index contributed by atoms with van der Waals surface area (Å²) < 4.78 is 0. The number of amides is 1. The van der Waals surface area contributed by atoms with Crippen molar-refractivity contribution in [2.24, 2.45) is 5.92 Å². The number of aryl methyl sites for hydroxylation is 1. The molecule has 1 amide bonds. The molecule has 1 aliphatic carbocycles. The van der Waals surface area contributed by atoms with Crippen LogP contribution in [0.5, 0.6) is 0 Å². The molecule has 3 heteroatoms. The summed E-state index contributed by atoms with van der Waals surface area (Å²) in [5.74, 6) is 0.928. The van der Waals surface area contributed by atoms with E-state index in [1.807, 2.05) is 0 Å². The normalized spacial score (nSPS) is 33.8. The minimum absolute atomic E-state index is 0.0155. The van der Waals surface area contributed by atoms with Crippen molar-refractivity contribution in [3.05, 3.63) is 35.4 Å². The summed E-state index contributed by atoms with van der Waals surface area (Å²) in [4.78, 5) is 14.6. The van der Waals surface area contributed by atoms with Gasteiger partial charge in [-0.15, -0.1) is 0 Å². The molecule has 0 radical (unpaired) electrons. The third-order valence-corrected chi connectivity index (χ3v) is 4.38. The Morgan fingerprint density at radius 2 is 2.16 bits per heavy atom. The molecule has 3 nitrogen and oxygen atoms in total. The summed E-state index contributed by atoms with van der Waals surface area (Å²) in [6.45, 7) is 6.40. The van der Waals surface area contributed by atoms with Crippen LogP contribution in [0.2, 0.25) is 0 Å². The number of nitrogens with one attached hydrogen (secondary N) is 1. The van der Waals surface area contributed by atoms with Crippen molar-refractivity contribution < 1.29 is 4.79 Å². The first-order valence-corrected chi connectivity index (χ1v) is 7.26. The van der Waals surface area contributed by atoms with Crippen molar-refractivity contribution in [1.82, 2.24) is 10.2 Å². The fraction of sp³-hybridized carbons (Fsp3) is 0.562. The molecule has 0 aromatic heterocycles. The van der Waals surface area contributed by atoms with Gasteiger partial charge >= 0.3 is 0 Å². The van der Waals surface area contributed by atoms with E-state index in [1.165, 1.54) is 11.1 Å². The summed E-state index contributed by atoms with van der Waals surface area (Å²) >= 11 is 0. The standard InChI is InChI=1S/C16H22N2O/c1-4-13-16(19)18(14-9-11(14)3)15(17-13)12-7-5-6-10(2)8-12/h5-8,11,13-15,17H,4,9H2,1-3H3. The van der Waals surface area contributed by atoms with Gasteiger partial charge in [-0.05, 0) is 31.2 Å². The number of carbonyl (C=O) groups excluding carboxylic acids is 1. The molecule has 19 heavy (non-hydrogen) atoms. The van der Waals surface area contributed by atoms with Crippen molar-refractivity contribution in [2.45, 2.75) is 51.9 Å². The van der Waals surface area contributed by atoms with E-state index in [9.17, 15) is 4.79 Å². The Bertz CT molecular complexity index is 499. The molecule has 1 saturated carbocycles. The van der Waals surface area contributed by atoms with Crippen LogP contribution in [0.25, 0.3) is 0 Å². The average molecular weight is 258 g/mol. The lowest BCUT2D eigenvalue weighted by molar-refractivity contribution is -0.130. The van der Waals surface area contributed by atoms with Crippen LogP contribution in [0.1, 0.15) is 44.0 Å². The first-order valence-electron chi connectivity index (χ1n) is 7.26. The van der Waals surface area contributed by atoms with Crippen LogP contribution in [0.3, 0.4) is 0 Å². The molecule has 4 unspecified atom stereocenters. The molecule has 0 bridgehead atoms. The van der Waals surface area contributed by atoms with Gasteiger partial charge in [-0.2, -0.15) is 0 Å². The molecule has 3 rings (SSSR count). The second-order valence-corrected chi connectivity index (χ2v) is 5.97. The van der Waals surface area contributed by atoms with E-state index >= 15 is 0 Å². The van der Waals surface area contributed by atoms with E-state index in [-0.39, 0.29) is 18.1 Å². The van der Waals surface area contributed by atoms with E-state index in [0.717, 1.165) is 12.8 Å². The van der Waals surface area contributed by atoms with Crippen LogP contribution in [0.4, 0.5) is 0 Å². The maximum absolute atomic E-state index is 12.5. The van der Waals surface area contributed by atoms with Gasteiger partial charge in [-0.1, -0.05) is 43.7 Å². The van der Waals surface area contributed by atoms with Crippen molar-refractivity contribution in [3.8, 4) is 0 Å². The van der Waals surface area contributed by atoms with Gasteiger partial charge in [-0.3, -0.25) is 10.1 Å². The second kappa shape index (κ2) is 4.64. The monoisotopic (exact) mass is 258 g/mol. The fourth-order valence-corrected chi connectivity index (χ4v) is 3.08. The number of rotatable bonds is 3. The summed E-state index contributed by atoms with van der Waals surface area (Å²) in [5, 5.41) is 3.50. The maximum Gasteiger partial charge on any atom is 0.241 e. The Hall–Kier alpha value is -1.35. The van der Waals surface area contributed by atoms with E-state index in [0.29, 0.717) is 12.0 Å². The van der Waals surface area contributed by atoms with Crippen molar-refractivity contribution in [2.75, 3.05) is 0 Å². The fourth-order valence-electron chi connectivity index (χ4n) is 3.08. The van der Waals surface area contributed by atoms with Crippen LogP contribution in [-0.4, -0.2) is 22.9 Å². The summed E-state index contributed by atoms with van der Waals surface area (Å²) in [7, 11) is 0. The number of nitrogens with zero attached hydrogens (tertiary/aromatic N) is 1. The van der Waals surface area contributed by atoms with Crippen LogP contribution < -0.4 is 5.32 Å². The highest BCUT2D eigenvalue weighted by atomic mass is 16.2. The van der Waals surface area contributed by atoms with Gasteiger partial charge in [0, 0.05) is 6.04 Å². The van der Waals surface area contributed by atoms with Gasteiger partial charge in [0.05, 0.1) is 6.04 Å². The Morgan fingerprint density at radius 3 is 2.74 bits per heavy atom. The second-order valence-electron chi connectivity index (χ2n) is 5.97. The van der Waals surface area contributed by atoms with Gasteiger partial charge in [0.15, 0.2) is 0 Å². The molecular formula is C16H22N2O. The lowest BCUT2D eigenvalue weighted by Gasteiger charge is -2.25. The van der Waals surface area contributed by atoms with Crippen molar-refractivity contribution >= 4 is 5.91 Å². The van der Waals surface area contributed by atoms with E-state index < -0.39 is 0 Å². The smallest absolute Gasteiger partial charge is 0.241 e. The molecule has 2 aliphatic rings. The van der Waals surface area contributed by atoms with Gasteiger partial charge < -0.3 is 4.90 Å². The highest BCUT2D eigenvalue weighted by molar-refractivity contribution is 5.85. The Kier molecular flexibility index (Phi) is 3.09. The molecular weight excluding hydrogens is 236 g/mol. The van der Waals surface area contributed by atoms with Crippen LogP contribution in [-0.2, 0) is 4.79 Å². The Balaban J connectivity index is 1.92. The van der Waals surface area contributed by atoms with E-state index in [1.54, 1.807) is 0 Å². The summed E-state index contributed by atoms with van der Waals surface area (Å²) in [5.41, 5.74) is 2.46.